The Morgan fingerprint density at radius 1 is 0.958 bits per heavy atom. The summed E-state index contributed by atoms with van der Waals surface area (Å²) in [4.78, 5) is 14.2. The average molecular weight is 332 g/mol. The van der Waals surface area contributed by atoms with Crippen LogP contribution in [0.5, 0.6) is 0 Å². The van der Waals surface area contributed by atoms with Crippen molar-refractivity contribution in [2.24, 2.45) is 0 Å². The summed E-state index contributed by atoms with van der Waals surface area (Å²) in [7, 11) is 0. The van der Waals surface area contributed by atoms with Crippen molar-refractivity contribution in [3.8, 4) is 0 Å². The van der Waals surface area contributed by atoms with Gasteiger partial charge in [-0.1, -0.05) is 12.8 Å². The van der Waals surface area contributed by atoms with Gasteiger partial charge in [0.15, 0.2) is 23.1 Å². The topological polar surface area (TPSA) is 58.1 Å². The highest BCUT2D eigenvalue weighted by atomic mass is 19.2. The zero-order valence-corrected chi connectivity index (χ0v) is 13.1. The number of likely N-dealkylation sites (tertiary alicyclic amines) is 1. The highest BCUT2D eigenvalue weighted by molar-refractivity contribution is 5.92. The van der Waals surface area contributed by atoms with E-state index in [1.807, 2.05) is 0 Å². The van der Waals surface area contributed by atoms with Gasteiger partial charge in [0.1, 0.15) is 0 Å². The number of hydrogen-bond acceptors (Lipinski definition) is 4. The number of carbonyl (C=O) groups is 1. The number of amides is 1. The molecule has 1 fully saturated rings. The summed E-state index contributed by atoms with van der Waals surface area (Å²) in [5.41, 5.74) is 0.641. The average Bonchev–Trinajstić information content (AvgIpc) is 2.88. The summed E-state index contributed by atoms with van der Waals surface area (Å²) in [5.74, 6) is -1.62. The molecule has 0 spiro atoms. The van der Waals surface area contributed by atoms with Crippen molar-refractivity contribution in [1.82, 2.24) is 15.1 Å². The van der Waals surface area contributed by atoms with Gasteiger partial charge in [-0.05, 0) is 37.1 Å². The van der Waals surface area contributed by atoms with Gasteiger partial charge in [0.25, 0.3) is 5.91 Å². The van der Waals surface area contributed by atoms with Gasteiger partial charge in [0.2, 0.25) is 0 Å². The summed E-state index contributed by atoms with van der Waals surface area (Å²) in [5, 5.41) is 10.7. The molecule has 0 saturated carbocycles. The maximum absolute atomic E-state index is 13.2. The summed E-state index contributed by atoms with van der Waals surface area (Å²) in [6, 6.07) is 6.65. The standard InChI is InChI=1S/C17H18F2N4O/c18-13-6-5-12(11-14(13)19)20-16-8-7-15(21-22-16)17(24)23-9-3-1-2-4-10-23/h5-8,11H,1-4,9-10H2,(H,20,22). The van der Waals surface area contributed by atoms with Crippen molar-refractivity contribution >= 4 is 17.4 Å². The highest BCUT2D eigenvalue weighted by Crippen LogP contribution is 2.18. The van der Waals surface area contributed by atoms with Gasteiger partial charge in [0.05, 0.1) is 0 Å². The van der Waals surface area contributed by atoms with Crippen LogP contribution < -0.4 is 5.32 Å². The molecule has 2 heterocycles. The molecule has 126 valence electrons. The first-order chi connectivity index (χ1) is 11.6. The first-order valence-corrected chi connectivity index (χ1v) is 7.98. The van der Waals surface area contributed by atoms with Crippen molar-refractivity contribution < 1.29 is 13.6 Å². The number of carbonyl (C=O) groups excluding carboxylic acids is 1. The zero-order chi connectivity index (χ0) is 16.9. The second-order valence-corrected chi connectivity index (χ2v) is 5.76. The molecule has 24 heavy (non-hydrogen) atoms. The van der Waals surface area contributed by atoms with E-state index in [0.29, 0.717) is 11.5 Å². The predicted octanol–water partition coefficient (Wildman–Crippen LogP) is 3.51. The maximum atomic E-state index is 13.2. The predicted molar refractivity (Wildman–Crippen MR) is 86.0 cm³/mol. The Bertz CT molecular complexity index is 713. The van der Waals surface area contributed by atoms with E-state index in [9.17, 15) is 13.6 Å². The molecule has 2 aromatic rings. The van der Waals surface area contributed by atoms with Gasteiger partial charge in [-0.15, -0.1) is 10.2 Å². The van der Waals surface area contributed by atoms with Crippen LogP contribution in [0.2, 0.25) is 0 Å². The van der Waals surface area contributed by atoms with E-state index in [1.165, 1.54) is 6.07 Å². The third kappa shape index (κ3) is 3.84. The van der Waals surface area contributed by atoms with Crippen molar-refractivity contribution in [3.63, 3.8) is 0 Å². The zero-order valence-electron chi connectivity index (χ0n) is 13.1. The molecule has 1 N–H and O–H groups in total. The molecule has 0 unspecified atom stereocenters. The first-order valence-electron chi connectivity index (χ1n) is 7.98. The smallest absolute Gasteiger partial charge is 0.274 e. The Hall–Kier alpha value is -2.57. The van der Waals surface area contributed by atoms with Gasteiger partial charge >= 0.3 is 0 Å². The quantitative estimate of drug-likeness (QED) is 0.934. The molecule has 1 saturated heterocycles. The van der Waals surface area contributed by atoms with E-state index >= 15 is 0 Å². The molecule has 1 aromatic carbocycles. The molecule has 0 radical (unpaired) electrons. The minimum atomic E-state index is -0.944. The lowest BCUT2D eigenvalue weighted by atomic mass is 10.2. The van der Waals surface area contributed by atoms with Crippen LogP contribution in [0.3, 0.4) is 0 Å². The normalized spacial score (nSPS) is 15.0. The van der Waals surface area contributed by atoms with Crippen molar-refractivity contribution in [3.05, 3.63) is 47.7 Å². The molecule has 0 bridgehead atoms. The number of benzene rings is 1. The fourth-order valence-corrected chi connectivity index (χ4v) is 2.67. The van der Waals surface area contributed by atoms with Crippen molar-refractivity contribution in [2.45, 2.75) is 25.7 Å². The maximum Gasteiger partial charge on any atom is 0.274 e. The number of nitrogens with one attached hydrogen (secondary N) is 1. The Labute approximate surface area is 138 Å². The Kier molecular flexibility index (Phi) is 4.98. The lowest BCUT2D eigenvalue weighted by Gasteiger charge is -2.19. The van der Waals surface area contributed by atoms with E-state index in [0.717, 1.165) is 50.9 Å². The van der Waals surface area contributed by atoms with Crippen LogP contribution in [0.15, 0.2) is 30.3 Å². The lowest BCUT2D eigenvalue weighted by molar-refractivity contribution is 0.0754. The van der Waals surface area contributed by atoms with E-state index in [2.05, 4.69) is 15.5 Å². The van der Waals surface area contributed by atoms with Crippen LogP contribution in [0.1, 0.15) is 36.2 Å². The first kappa shape index (κ1) is 16.3. The van der Waals surface area contributed by atoms with E-state index in [1.54, 1.807) is 17.0 Å². The number of aromatic nitrogens is 2. The molecule has 1 amide bonds. The SMILES string of the molecule is O=C(c1ccc(Nc2ccc(F)c(F)c2)nn1)N1CCCCCC1. The van der Waals surface area contributed by atoms with E-state index < -0.39 is 11.6 Å². The molecule has 1 aliphatic rings. The highest BCUT2D eigenvalue weighted by Gasteiger charge is 2.18. The molecular formula is C17H18F2N4O. The fourth-order valence-electron chi connectivity index (χ4n) is 2.67. The Balaban J connectivity index is 1.68. The molecule has 0 aliphatic carbocycles. The second-order valence-electron chi connectivity index (χ2n) is 5.76. The number of rotatable bonds is 3. The monoisotopic (exact) mass is 332 g/mol. The number of anilines is 2. The molecule has 0 atom stereocenters. The van der Waals surface area contributed by atoms with Crippen LogP contribution >= 0.6 is 0 Å². The number of hydrogen-bond donors (Lipinski definition) is 1. The molecule has 1 aromatic heterocycles. The van der Waals surface area contributed by atoms with Gasteiger partial charge in [0, 0.05) is 24.8 Å². The van der Waals surface area contributed by atoms with E-state index in [-0.39, 0.29) is 11.6 Å². The molecule has 7 heteroatoms. The van der Waals surface area contributed by atoms with Crippen molar-refractivity contribution in [2.75, 3.05) is 18.4 Å². The van der Waals surface area contributed by atoms with Crippen LogP contribution in [0.25, 0.3) is 0 Å². The third-order valence-corrected chi connectivity index (χ3v) is 3.97. The van der Waals surface area contributed by atoms with Crippen LogP contribution in [-0.2, 0) is 0 Å². The second kappa shape index (κ2) is 7.33. The molecular weight excluding hydrogens is 314 g/mol. The Morgan fingerprint density at radius 3 is 2.33 bits per heavy atom. The molecule has 3 rings (SSSR count). The van der Waals surface area contributed by atoms with Crippen LogP contribution in [0, 0.1) is 11.6 Å². The van der Waals surface area contributed by atoms with Gasteiger partial charge in [-0.2, -0.15) is 0 Å². The van der Waals surface area contributed by atoms with Crippen molar-refractivity contribution in [1.29, 1.82) is 0 Å². The summed E-state index contributed by atoms with van der Waals surface area (Å²) < 4.78 is 26.1. The largest absolute Gasteiger partial charge is 0.339 e. The lowest BCUT2D eigenvalue weighted by Crippen LogP contribution is -2.32. The third-order valence-electron chi connectivity index (χ3n) is 3.97. The Morgan fingerprint density at radius 2 is 1.71 bits per heavy atom. The van der Waals surface area contributed by atoms with E-state index in [4.69, 9.17) is 0 Å². The van der Waals surface area contributed by atoms with Crippen LogP contribution in [0.4, 0.5) is 20.3 Å². The summed E-state index contributed by atoms with van der Waals surface area (Å²) in [6.07, 6.45) is 4.31. The minimum absolute atomic E-state index is 0.122. The number of nitrogens with zero attached hydrogens (tertiary/aromatic N) is 3. The summed E-state index contributed by atoms with van der Waals surface area (Å²) >= 11 is 0. The molecule has 1 aliphatic heterocycles. The summed E-state index contributed by atoms with van der Waals surface area (Å²) in [6.45, 7) is 1.49. The van der Waals surface area contributed by atoms with Gasteiger partial charge < -0.3 is 10.2 Å². The van der Waals surface area contributed by atoms with Gasteiger partial charge in [-0.25, -0.2) is 8.78 Å². The number of halogens is 2. The van der Waals surface area contributed by atoms with Crippen LogP contribution in [-0.4, -0.2) is 34.1 Å². The molecule has 5 nitrogen and oxygen atoms in total. The fraction of sp³-hybridized carbons (Fsp3) is 0.353. The minimum Gasteiger partial charge on any atom is -0.339 e. The van der Waals surface area contributed by atoms with Gasteiger partial charge in [-0.3, -0.25) is 4.79 Å².